The van der Waals surface area contributed by atoms with E-state index in [9.17, 15) is 9.18 Å². The molecular formula is C22H25FN3O3. The van der Waals surface area contributed by atoms with Gasteiger partial charge in [0.05, 0.1) is 25.3 Å². The zero-order chi connectivity index (χ0) is 20.2. The third-order valence-electron chi connectivity index (χ3n) is 5.33. The van der Waals surface area contributed by atoms with E-state index in [2.05, 4.69) is 11.1 Å². The number of aromatic nitrogens is 1. The van der Waals surface area contributed by atoms with Gasteiger partial charge < -0.3 is 19.3 Å². The number of amides is 2. The largest absolute Gasteiger partial charge is 0.488 e. The number of rotatable bonds is 3. The number of halogens is 1. The number of urea groups is 1. The van der Waals surface area contributed by atoms with E-state index < -0.39 is 5.82 Å². The third kappa shape index (κ3) is 4.50. The number of ether oxygens (including phenoxy) is 2. The lowest BCUT2D eigenvalue weighted by atomic mass is 10.0. The number of carbonyl (C=O) groups is 1. The molecule has 0 bridgehead atoms. The Morgan fingerprint density at radius 1 is 1.24 bits per heavy atom. The first-order valence-electron chi connectivity index (χ1n) is 10.0. The maximum atomic E-state index is 14.6. The number of likely N-dealkylation sites (tertiary alicyclic amines) is 1. The minimum Gasteiger partial charge on any atom is -0.488 e. The lowest BCUT2D eigenvalue weighted by molar-refractivity contribution is 0.0331. The quantitative estimate of drug-likeness (QED) is 0.796. The van der Waals surface area contributed by atoms with Crippen LogP contribution in [-0.4, -0.2) is 66.3 Å². The van der Waals surface area contributed by atoms with Gasteiger partial charge in [0.25, 0.3) is 0 Å². The molecule has 2 amide bonds. The molecule has 29 heavy (non-hydrogen) atoms. The molecule has 1 unspecified atom stereocenters. The van der Waals surface area contributed by atoms with E-state index in [0.717, 1.165) is 18.5 Å². The van der Waals surface area contributed by atoms with Crippen LogP contribution in [0.25, 0.3) is 11.1 Å². The molecule has 0 spiro atoms. The van der Waals surface area contributed by atoms with Gasteiger partial charge in [-0.1, -0.05) is 6.07 Å². The highest BCUT2D eigenvalue weighted by Gasteiger charge is 2.29. The van der Waals surface area contributed by atoms with Gasteiger partial charge >= 0.3 is 6.03 Å². The van der Waals surface area contributed by atoms with Gasteiger partial charge in [-0.15, -0.1) is 0 Å². The maximum Gasteiger partial charge on any atom is 0.320 e. The Morgan fingerprint density at radius 3 is 2.83 bits per heavy atom. The van der Waals surface area contributed by atoms with Crippen molar-refractivity contribution in [3.8, 4) is 16.9 Å². The first-order chi connectivity index (χ1) is 14.1. The number of morpholine rings is 1. The summed E-state index contributed by atoms with van der Waals surface area (Å²) in [6.45, 7) is 5.46. The number of hydrogen-bond donors (Lipinski definition) is 0. The molecule has 0 N–H and O–H groups in total. The van der Waals surface area contributed by atoms with E-state index in [1.807, 2.05) is 28.9 Å². The maximum absolute atomic E-state index is 14.6. The summed E-state index contributed by atoms with van der Waals surface area (Å²) in [5.74, 6) is 0.0338. The Balaban J connectivity index is 1.49. The number of carbonyl (C=O) groups excluding carboxylic acids is 1. The monoisotopic (exact) mass is 398 g/mol. The highest BCUT2D eigenvalue weighted by atomic mass is 19.1. The summed E-state index contributed by atoms with van der Waals surface area (Å²) >= 11 is 0. The minimum atomic E-state index is -0.398. The standard InChI is InChI=1S/C22H25FN3O3/c1-16-7-8-17(14-24-16)21-19(23)5-2-6-20(21)29-18-4-3-9-26(15-18)22(27)25-10-12-28-13-11-25/h5-8,14,18H,3-4,9-13,15H2,1H3. The van der Waals surface area contributed by atoms with Crippen LogP contribution in [0.3, 0.4) is 0 Å². The van der Waals surface area contributed by atoms with Crippen LogP contribution >= 0.6 is 0 Å². The van der Waals surface area contributed by atoms with Crippen LogP contribution in [0.1, 0.15) is 18.5 Å². The number of hydrogen-bond acceptors (Lipinski definition) is 4. The van der Waals surface area contributed by atoms with Crippen molar-refractivity contribution in [3.63, 3.8) is 0 Å². The van der Waals surface area contributed by atoms with Crippen LogP contribution < -0.4 is 4.74 Å². The molecule has 2 aliphatic heterocycles. The Labute approximate surface area is 170 Å². The molecule has 2 aliphatic rings. The molecule has 1 aromatic carbocycles. The molecule has 3 heterocycles. The number of piperidine rings is 1. The zero-order valence-corrected chi connectivity index (χ0v) is 16.6. The normalized spacial score (nSPS) is 19.9. The van der Waals surface area contributed by atoms with Crippen LogP contribution in [0.5, 0.6) is 5.75 Å². The van der Waals surface area contributed by atoms with Crippen LogP contribution in [-0.2, 0) is 4.74 Å². The van der Waals surface area contributed by atoms with Crippen LogP contribution in [0.4, 0.5) is 9.18 Å². The molecule has 7 heteroatoms. The summed E-state index contributed by atoms with van der Waals surface area (Å²) in [6, 6.07) is 9.46. The molecule has 2 aromatic rings. The molecule has 0 aliphatic carbocycles. The molecule has 1 atom stereocenters. The number of pyridine rings is 1. The van der Waals surface area contributed by atoms with E-state index in [4.69, 9.17) is 9.47 Å². The van der Waals surface area contributed by atoms with E-state index >= 15 is 0 Å². The van der Waals surface area contributed by atoms with Crippen LogP contribution in [0.2, 0.25) is 0 Å². The Morgan fingerprint density at radius 2 is 2.07 bits per heavy atom. The SMILES string of the molecule is Cc1ccc(-c2c(F)c[c]cc2OC2CCCN(C(=O)N3CCOCC3)C2)cn1. The fourth-order valence-corrected chi connectivity index (χ4v) is 3.78. The van der Waals surface area contributed by atoms with Gasteiger partial charge in [-0.25, -0.2) is 9.18 Å². The van der Waals surface area contributed by atoms with Crippen molar-refractivity contribution >= 4 is 6.03 Å². The van der Waals surface area contributed by atoms with Gasteiger partial charge in [0, 0.05) is 37.1 Å². The van der Waals surface area contributed by atoms with Crippen molar-refractivity contribution in [2.24, 2.45) is 0 Å². The second kappa shape index (κ2) is 8.78. The second-order valence-electron chi connectivity index (χ2n) is 7.44. The van der Waals surface area contributed by atoms with Crippen molar-refractivity contribution in [1.82, 2.24) is 14.8 Å². The summed E-state index contributed by atoms with van der Waals surface area (Å²) in [5.41, 5.74) is 1.91. The van der Waals surface area contributed by atoms with Gasteiger partial charge in [-0.2, -0.15) is 0 Å². The van der Waals surface area contributed by atoms with Crippen molar-refractivity contribution < 1.29 is 18.7 Å². The third-order valence-corrected chi connectivity index (χ3v) is 5.33. The van der Waals surface area contributed by atoms with Gasteiger partial charge in [0.15, 0.2) is 0 Å². The fraction of sp³-hybridized carbons (Fsp3) is 0.455. The van der Waals surface area contributed by atoms with Crippen molar-refractivity contribution in [2.45, 2.75) is 25.9 Å². The number of benzene rings is 1. The van der Waals surface area contributed by atoms with Gasteiger partial charge in [-0.3, -0.25) is 4.98 Å². The van der Waals surface area contributed by atoms with Crippen LogP contribution in [0, 0.1) is 18.8 Å². The predicted octanol–water partition coefficient (Wildman–Crippen LogP) is 3.29. The molecule has 4 rings (SSSR count). The number of nitrogens with zero attached hydrogens (tertiary/aromatic N) is 3. The molecule has 1 radical (unpaired) electrons. The molecule has 1 aromatic heterocycles. The molecular weight excluding hydrogens is 373 g/mol. The van der Waals surface area contributed by atoms with Crippen molar-refractivity contribution in [2.75, 3.05) is 39.4 Å². The second-order valence-corrected chi connectivity index (χ2v) is 7.44. The van der Waals surface area contributed by atoms with E-state index in [1.54, 1.807) is 12.3 Å². The average molecular weight is 398 g/mol. The molecule has 2 fully saturated rings. The van der Waals surface area contributed by atoms with Crippen molar-refractivity contribution in [3.05, 3.63) is 48.0 Å². The molecule has 0 saturated carbocycles. The van der Waals surface area contributed by atoms with Gasteiger partial charge in [0.2, 0.25) is 0 Å². The summed E-state index contributed by atoms with van der Waals surface area (Å²) in [6.07, 6.45) is 3.12. The van der Waals surface area contributed by atoms with E-state index in [-0.39, 0.29) is 12.1 Å². The smallest absolute Gasteiger partial charge is 0.320 e. The first kappa shape index (κ1) is 19.6. The molecule has 6 nitrogen and oxygen atoms in total. The zero-order valence-electron chi connectivity index (χ0n) is 16.6. The highest BCUT2D eigenvalue weighted by Crippen LogP contribution is 2.33. The lowest BCUT2D eigenvalue weighted by Crippen LogP contribution is -2.52. The highest BCUT2D eigenvalue weighted by molar-refractivity contribution is 5.75. The van der Waals surface area contributed by atoms with E-state index in [0.29, 0.717) is 56.3 Å². The van der Waals surface area contributed by atoms with Gasteiger partial charge in [-0.05, 0) is 44.0 Å². The van der Waals surface area contributed by atoms with E-state index in [1.165, 1.54) is 6.07 Å². The summed E-state index contributed by atoms with van der Waals surface area (Å²) in [7, 11) is 0. The Kier molecular flexibility index (Phi) is 5.94. The fourth-order valence-electron chi connectivity index (χ4n) is 3.78. The minimum absolute atomic E-state index is 0.0235. The topological polar surface area (TPSA) is 54.9 Å². The predicted molar refractivity (Wildman–Crippen MR) is 106 cm³/mol. The average Bonchev–Trinajstić information content (AvgIpc) is 2.75. The van der Waals surface area contributed by atoms with Crippen LogP contribution in [0.15, 0.2) is 30.5 Å². The summed E-state index contributed by atoms with van der Waals surface area (Å²) in [4.78, 5) is 20.7. The van der Waals surface area contributed by atoms with Gasteiger partial charge in [0.1, 0.15) is 17.7 Å². The van der Waals surface area contributed by atoms with Crippen molar-refractivity contribution in [1.29, 1.82) is 0 Å². The Hall–Kier alpha value is -2.67. The summed E-state index contributed by atoms with van der Waals surface area (Å²) in [5, 5.41) is 0. The molecule has 153 valence electrons. The first-order valence-corrected chi connectivity index (χ1v) is 10.0. The molecule has 2 saturated heterocycles. The summed E-state index contributed by atoms with van der Waals surface area (Å²) < 4.78 is 26.1. The number of aryl methyl sites for hydroxylation is 1. The lowest BCUT2D eigenvalue weighted by Gasteiger charge is -2.37. The Bertz CT molecular complexity index is 853.